The fourth-order valence-electron chi connectivity index (χ4n) is 5.96. The van der Waals surface area contributed by atoms with E-state index in [2.05, 4.69) is 27.5 Å². The minimum absolute atomic E-state index is 0.0164. The molecule has 0 saturated carbocycles. The number of ether oxygens (including phenoxy) is 1. The lowest BCUT2D eigenvalue weighted by Gasteiger charge is -2.32. The molecule has 0 aliphatic carbocycles. The summed E-state index contributed by atoms with van der Waals surface area (Å²) in [6.45, 7) is 4.40. The molecule has 3 heterocycles. The number of aromatic nitrogens is 2. The number of aromatic amines is 1. The van der Waals surface area contributed by atoms with Crippen LogP contribution in [0.1, 0.15) is 50.2 Å². The van der Waals surface area contributed by atoms with Crippen LogP contribution in [-0.4, -0.2) is 78.3 Å². The molecule has 2 fully saturated rings. The van der Waals surface area contributed by atoms with Gasteiger partial charge in [0.1, 0.15) is 11.6 Å². The first kappa shape index (κ1) is 28.9. The third kappa shape index (κ3) is 6.76. The molecule has 2 saturated heterocycles. The van der Waals surface area contributed by atoms with E-state index in [9.17, 15) is 18.4 Å². The molecule has 0 radical (unpaired) electrons. The Balaban J connectivity index is 1.25. The van der Waals surface area contributed by atoms with Gasteiger partial charge in [-0.25, -0.2) is 8.78 Å². The van der Waals surface area contributed by atoms with Crippen molar-refractivity contribution >= 4 is 28.5 Å². The predicted octanol–water partition coefficient (Wildman–Crippen LogP) is 5.04. The normalized spacial score (nSPS) is 16.5. The average molecular weight is 588 g/mol. The number of nitrogens with one attached hydrogen (secondary N) is 2. The number of anilines is 1. The maximum Gasteiger partial charge on any atom is 0.257 e. The van der Waals surface area contributed by atoms with Crippen molar-refractivity contribution in [2.24, 2.45) is 5.92 Å². The zero-order valence-electron chi connectivity index (χ0n) is 24.2. The lowest BCUT2D eigenvalue weighted by molar-refractivity contribution is 0.0654. The number of hydrogen-bond acceptors (Lipinski definition) is 5. The highest BCUT2D eigenvalue weighted by atomic mass is 19.1. The van der Waals surface area contributed by atoms with E-state index in [4.69, 9.17) is 4.74 Å². The van der Waals surface area contributed by atoms with Crippen molar-refractivity contribution in [1.82, 2.24) is 20.0 Å². The van der Waals surface area contributed by atoms with Gasteiger partial charge in [0.25, 0.3) is 11.8 Å². The number of carbonyl (C=O) groups is 2. The third-order valence-corrected chi connectivity index (χ3v) is 8.43. The van der Waals surface area contributed by atoms with E-state index >= 15 is 0 Å². The van der Waals surface area contributed by atoms with Crippen LogP contribution in [0.5, 0.6) is 0 Å². The second-order valence-electron chi connectivity index (χ2n) is 11.6. The molecule has 0 unspecified atom stereocenters. The molecule has 2 aliphatic rings. The number of likely N-dealkylation sites (N-methyl/N-ethyl adjacent to an activating group) is 1. The first-order valence-corrected chi connectivity index (χ1v) is 14.7. The number of nitrogens with zero attached hydrogens (tertiary/aromatic N) is 3. The molecule has 2 aliphatic heterocycles. The van der Waals surface area contributed by atoms with Crippen LogP contribution in [0.25, 0.3) is 10.9 Å². The van der Waals surface area contributed by atoms with Gasteiger partial charge in [-0.15, -0.1) is 0 Å². The molecule has 8 nitrogen and oxygen atoms in total. The first-order valence-electron chi connectivity index (χ1n) is 14.7. The molecular weight excluding hydrogens is 552 g/mol. The van der Waals surface area contributed by atoms with Crippen LogP contribution in [0.15, 0.2) is 54.6 Å². The number of carbonyl (C=O) groups excluding carboxylic acids is 2. The Bertz CT molecular complexity index is 1620. The highest BCUT2D eigenvalue weighted by Crippen LogP contribution is 2.27. The van der Waals surface area contributed by atoms with Gasteiger partial charge in [-0.2, -0.15) is 5.10 Å². The molecule has 2 amide bonds. The van der Waals surface area contributed by atoms with E-state index < -0.39 is 11.6 Å². The largest absolute Gasteiger partial charge is 0.381 e. The van der Waals surface area contributed by atoms with E-state index in [1.165, 1.54) is 12.1 Å². The van der Waals surface area contributed by atoms with Gasteiger partial charge < -0.3 is 19.9 Å². The van der Waals surface area contributed by atoms with Crippen molar-refractivity contribution in [3.05, 3.63) is 94.0 Å². The Kier molecular flexibility index (Phi) is 8.49. The number of piperazine rings is 1. The number of amides is 2. The molecule has 2 N–H and O–H groups in total. The fraction of sp³-hybridized carbons (Fsp3) is 0.364. The van der Waals surface area contributed by atoms with Gasteiger partial charge in [0, 0.05) is 62.0 Å². The zero-order valence-corrected chi connectivity index (χ0v) is 24.2. The van der Waals surface area contributed by atoms with Crippen LogP contribution in [0.4, 0.5) is 14.6 Å². The SMILES string of the molecule is CN1CCN(C(=O)c2ccc(C(=O)Nc3n[nH]c4ccc(Cc5cc(F)cc(F)c5)cc34)c(CC3CCOCC3)c2)CC1. The van der Waals surface area contributed by atoms with Crippen molar-refractivity contribution in [3.63, 3.8) is 0 Å². The van der Waals surface area contributed by atoms with Gasteiger partial charge in [0.15, 0.2) is 5.82 Å². The van der Waals surface area contributed by atoms with Crippen molar-refractivity contribution in [1.29, 1.82) is 0 Å². The average Bonchev–Trinajstić information content (AvgIpc) is 3.38. The summed E-state index contributed by atoms with van der Waals surface area (Å²) >= 11 is 0. The second kappa shape index (κ2) is 12.6. The molecular formula is C33H35F2N5O3. The Labute approximate surface area is 249 Å². The van der Waals surface area contributed by atoms with Gasteiger partial charge in [0.05, 0.1) is 5.52 Å². The molecule has 10 heteroatoms. The van der Waals surface area contributed by atoms with Crippen LogP contribution in [0.3, 0.4) is 0 Å². The lowest BCUT2D eigenvalue weighted by atomic mass is 9.89. The quantitative estimate of drug-likeness (QED) is 0.316. The number of halogens is 2. The second-order valence-corrected chi connectivity index (χ2v) is 11.6. The number of rotatable bonds is 7. The molecule has 43 heavy (non-hydrogen) atoms. The van der Waals surface area contributed by atoms with Crippen molar-refractivity contribution in [2.45, 2.75) is 25.7 Å². The van der Waals surface area contributed by atoms with Crippen molar-refractivity contribution in [2.75, 3.05) is 51.8 Å². The minimum atomic E-state index is -0.625. The summed E-state index contributed by atoms with van der Waals surface area (Å²) in [4.78, 5) is 31.2. The smallest absolute Gasteiger partial charge is 0.257 e. The fourth-order valence-corrected chi connectivity index (χ4v) is 5.96. The summed E-state index contributed by atoms with van der Waals surface area (Å²) in [6, 6.07) is 14.4. The minimum Gasteiger partial charge on any atom is -0.381 e. The Morgan fingerprint density at radius 1 is 0.953 bits per heavy atom. The van der Waals surface area contributed by atoms with Crippen molar-refractivity contribution in [3.8, 4) is 0 Å². The van der Waals surface area contributed by atoms with Gasteiger partial charge in [-0.1, -0.05) is 6.07 Å². The van der Waals surface area contributed by atoms with Crippen LogP contribution in [-0.2, 0) is 17.6 Å². The van der Waals surface area contributed by atoms with Crippen LogP contribution >= 0.6 is 0 Å². The molecule has 6 rings (SSSR count). The first-order chi connectivity index (χ1) is 20.8. The number of benzene rings is 3. The monoisotopic (exact) mass is 587 g/mol. The van der Waals surface area contributed by atoms with Crippen molar-refractivity contribution < 1.29 is 23.1 Å². The Hall–Kier alpha value is -4.15. The Morgan fingerprint density at radius 2 is 1.70 bits per heavy atom. The van der Waals surface area contributed by atoms with E-state index in [-0.39, 0.29) is 11.8 Å². The van der Waals surface area contributed by atoms with Gasteiger partial charge in [-0.3, -0.25) is 14.7 Å². The maximum absolute atomic E-state index is 13.7. The summed E-state index contributed by atoms with van der Waals surface area (Å²) in [6.07, 6.45) is 2.80. The predicted molar refractivity (Wildman–Crippen MR) is 160 cm³/mol. The standard InChI is InChI=1S/C33H35F2N5O3/c1-39-8-10-40(11-9-39)33(42)24-3-4-28(25(19-24)15-21-6-12-43-13-7-21)32(41)36-31-29-18-22(2-5-30(29)37-38-31)14-23-16-26(34)20-27(35)17-23/h2-5,16-21H,6-15H2,1H3,(H2,36,37,38,41). The number of H-pyrrole nitrogens is 1. The summed E-state index contributed by atoms with van der Waals surface area (Å²) in [5.41, 5.74) is 3.98. The zero-order chi connectivity index (χ0) is 29.9. The summed E-state index contributed by atoms with van der Waals surface area (Å²) in [5, 5.41) is 10.9. The van der Waals surface area contributed by atoms with E-state index in [0.29, 0.717) is 73.0 Å². The third-order valence-electron chi connectivity index (χ3n) is 8.43. The molecule has 0 spiro atoms. The molecule has 0 bridgehead atoms. The topological polar surface area (TPSA) is 90.6 Å². The lowest BCUT2D eigenvalue weighted by Crippen LogP contribution is -2.47. The maximum atomic E-state index is 13.7. The van der Waals surface area contributed by atoms with E-state index in [1.54, 1.807) is 12.1 Å². The molecule has 1 aromatic heterocycles. The Morgan fingerprint density at radius 3 is 2.44 bits per heavy atom. The summed E-state index contributed by atoms with van der Waals surface area (Å²) in [5.74, 6) is -0.859. The number of hydrogen-bond donors (Lipinski definition) is 2. The molecule has 224 valence electrons. The van der Waals surface area contributed by atoms with Gasteiger partial charge in [-0.05, 0) is 97.8 Å². The number of fused-ring (bicyclic) bond motifs is 1. The van der Waals surface area contributed by atoms with E-state index in [0.717, 1.165) is 48.6 Å². The van der Waals surface area contributed by atoms with Crippen LogP contribution in [0, 0.1) is 17.6 Å². The summed E-state index contributed by atoms with van der Waals surface area (Å²) < 4.78 is 33.0. The van der Waals surface area contributed by atoms with Gasteiger partial charge in [0.2, 0.25) is 0 Å². The highest BCUT2D eigenvalue weighted by Gasteiger charge is 2.24. The van der Waals surface area contributed by atoms with Crippen LogP contribution in [0.2, 0.25) is 0 Å². The highest BCUT2D eigenvalue weighted by molar-refractivity contribution is 6.09. The molecule has 3 aromatic carbocycles. The molecule has 0 atom stereocenters. The van der Waals surface area contributed by atoms with Crippen LogP contribution < -0.4 is 5.32 Å². The van der Waals surface area contributed by atoms with Gasteiger partial charge >= 0.3 is 0 Å². The molecule has 4 aromatic rings. The van der Waals surface area contributed by atoms with E-state index in [1.807, 2.05) is 29.2 Å². The summed E-state index contributed by atoms with van der Waals surface area (Å²) in [7, 11) is 2.05.